The van der Waals surface area contributed by atoms with Crippen molar-refractivity contribution in [3.63, 3.8) is 0 Å². The summed E-state index contributed by atoms with van der Waals surface area (Å²) in [6, 6.07) is 4.89. The molecule has 0 atom stereocenters. The molecular formula is C12H15N3O2. The molecule has 17 heavy (non-hydrogen) atoms. The second-order valence-electron chi connectivity index (χ2n) is 4.62. The standard InChI is InChI=1S/C12H15N3O2/c1-8(2)7-14-12-5-4-10(15(16)17)6-11(12)9(3)13-14/h4-6,8H,7H2,1-3H3. The van der Waals surface area contributed by atoms with E-state index >= 15 is 0 Å². The number of non-ortho nitro benzene ring substituents is 1. The van der Waals surface area contributed by atoms with Crippen molar-refractivity contribution >= 4 is 16.6 Å². The molecule has 0 aliphatic heterocycles. The van der Waals surface area contributed by atoms with Crippen LogP contribution in [0, 0.1) is 23.0 Å². The highest BCUT2D eigenvalue weighted by Crippen LogP contribution is 2.24. The first-order valence-electron chi connectivity index (χ1n) is 5.60. The number of aromatic nitrogens is 2. The van der Waals surface area contributed by atoms with Gasteiger partial charge in [-0.2, -0.15) is 5.10 Å². The van der Waals surface area contributed by atoms with Crippen molar-refractivity contribution < 1.29 is 4.92 Å². The summed E-state index contributed by atoms with van der Waals surface area (Å²) in [5.74, 6) is 0.493. The Morgan fingerprint density at radius 2 is 2.18 bits per heavy atom. The van der Waals surface area contributed by atoms with Crippen LogP contribution >= 0.6 is 0 Å². The molecule has 0 unspecified atom stereocenters. The molecule has 1 heterocycles. The number of nitro benzene ring substituents is 1. The summed E-state index contributed by atoms with van der Waals surface area (Å²) in [6.45, 7) is 6.94. The predicted octanol–water partition coefficient (Wildman–Crippen LogP) is 2.91. The lowest BCUT2D eigenvalue weighted by Crippen LogP contribution is -2.05. The summed E-state index contributed by atoms with van der Waals surface area (Å²) >= 11 is 0. The second kappa shape index (κ2) is 4.16. The number of nitrogens with zero attached hydrogens (tertiary/aromatic N) is 3. The third-order valence-corrected chi connectivity index (χ3v) is 2.67. The molecule has 2 rings (SSSR count). The SMILES string of the molecule is Cc1nn(CC(C)C)c2ccc([N+](=O)[O-])cc12. The fourth-order valence-electron chi connectivity index (χ4n) is 1.93. The molecule has 0 N–H and O–H groups in total. The molecule has 90 valence electrons. The number of hydrogen-bond acceptors (Lipinski definition) is 3. The minimum Gasteiger partial charge on any atom is -0.264 e. The molecule has 0 spiro atoms. The topological polar surface area (TPSA) is 61.0 Å². The summed E-state index contributed by atoms with van der Waals surface area (Å²) in [6.07, 6.45) is 0. The lowest BCUT2D eigenvalue weighted by molar-refractivity contribution is -0.384. The third kappa shape index (κ3) is 2.13. The van der Waals surface area contributed by atoms with Crippen LogP contribution in [0.3, 0.4) is 0 Å². The van der Waals surface area contributed by atoms with E-state index in [9.17, 15) is 10.1 Å². The van der Waals surface area contributed by atoms with Gasteiger partial charge in [0.05, 0.1) is 16.1 Å². The highest BCUT2D eigenvalue weighted by Gasteiger charge is 2.13. The first kappa shape index (κ1) is 11.6. The molecule has 1 aromatic carbocycles. The van der Waals surface area contributed by atoms with Crippen LogP contribution in [0.5, 0.6) is 0 Å². The number of rotatable bonds is 3. The van der Waals surface area contributed by atoms with Crippen molar-refractivity contribution in [2.24, 2.45) is 5.92 Å². The van der Waals surface area contributed by atoms with Gasteiger partial charge in [-0.1, -0.05) is 13.8 Å². The van der Waals surface area contributed by atoms with Gasteiger partial charge in [-0.05, 0) is 18.9 Å². The van der Waals surface area contributed by atoms with Crippen molar-refractivity contribution in [2.75, 3.05) is 0 Å². The van der Waals surface area contributed by atoms with E-state index < -0.39 is 0 Å². The van der Waals surface area contributed by atoms with Gasteiger partial charge in [0.25, 0.3) is 5.69 Å². The molecule has 0 saturated carbocycles. The van der Waals surface area contributed by atoms with Gasteiger partial charge in [0.1, 0.15) is 0 Å². The molecule has 0 aliphatic carbocycles. The van der Waals surface area contributed by atoms with Crippen LogP contribution in [-0.2, 0) is 6.54 Å². The van der Waals surface area contributed by atoms with Crippen molar-refractivity contribution in [1.29, 1.82) is 0 Å². The molecule has 0 aliphatic rings. The van der Waals surface area contributed by atoms with Gasteiger partial charge in [-0.15, -0.1) is 0 Å². The second-order valence-corrected chi connectivity index (χ2v) is 4.62. The fraction of sp³-hybridized carbons (Fsp3) is 0.417. The Morgan fingerprint density at radius 1 is 1.47 bits per heavy atom. The summed E-state index contributed by atoms with van der Waals surface area (Å²) in [7, 11) is 0. The van der Waals surface area contributed by atoms with Crippen LogP contribution in [0.2, 0.25) is 0 Å². The number of nitro groups is 1. The number of aryl methyl sites for hydroxylation is 1. The van der Waals surface area contributed by atoms with Crippen LogP contribution in [0.15, 0.2) is 18.2 Å². The van der Waals surface area contributed by atoms with Gasteiger partial charge in [-0.25, -0.2) is 0 Å². The van der Waals surface area contributed by atoms with Gasteiger partial charge in [0, 0.05) is 24.1 Å². The third-order valence-electron chi connectivity index (χ3n) is 2.67. The van der Waals surface area contributed by atoms with Crippen LogP contribution in [0.4, 0.5) is 5.69 Å². The first-order chi connectivity index (χ1) is 7.99. The molecule has 2 aromatic rings. The van der Waals surface area contributed by atoms with E-state index in [1.807, 2.05) is 11.6 Å². The molecule has 5 nitrogen and oxygen atoms in total. The molecule has 0 fully saturated rings. The molecule has 0 bridgehead atoms. The molecule has 0 saturated heterocycles. The Kier molecular flexibility index (Phi) is 2.83. The van der Waals surface area contributed by atoms with E-state index in [2.05, 4.69) is 18.9 Å². The van der Waals surface area contributed by atoms with E-state index in [0.29, 0.717) is 5.92 Å². The molecule has 1 aromatic heterocycles. The Hall–Kier alpha value is -1.91. The monoisotopic (exact) mass is 233 g/mol. The Labute approximate surface area is 99.2 Å². The van der Waals surface area contributed by atoms with Crippen LogP contribution < -0.4 is 0 Å². The van der Waals surface area contributed by atoms with Gasteiger partial charge >= 0.3 is 0 Å². The van der Waals surface area contributed by atoms with Crippen molar-refractivity contribution in [2.45, 2.75) is 27.3 Å². The van der Waals surface area contributed by atoms with E-state index in [0.717, 1.165) is 23.1 Å². The fourth-order valence-corrected chi connectivity index (χ4v) is 1.93. The summed E-state index contributed by atoms with van der Waals surface area (Å²) in [5, 5.41) is 16.0. The lowest BCUT2D eigenvalue weighted by Gasteiger charge is -2.05. The van der Waals surface area contributed by atoms with Crippen molar-refractivity contribution in [3.8, 4) is 0 Å². The van der Waals surface area contributed by atoms with Gasteiger partial charge < -0.3 is 0 Å². The van der Waals surface area contributed by atoms with E-state index in [1.54, 1.807) is 12.1 Å². The summed E-state index contributed by atoms with van der Waals surface area (Å²) in [5.41, 5.74) is 1.91. The summed E-state index contributed by atoms with van der Waals surface area (Å²) in [4.78, 5) is 10.3. The molecule has 0 amide bonds. The highest BCUT2D eigenvalue weighted by atomic mass is 16.6. The minimum atomic E-state index is -0.376. The molecule has 0 radical (unpaired) electrons. The van der Waals surface area contributed by atoms with Crippen LogP contribution in [-0.4, -0.2) is 14.7 Å². The van der Waals surface area contributed by atoms with Crippen LogP contribution in [0.25, 0.3) is 10.9 Å². The molecular weight excluding hydrogens is 218 g/mol. The van der Waals surface area contributed by atoms with Gasteiger partial charge in [-0.3, -0.25) is 14.8 Å². The minimum absolute atomic E-state index is 0.115. The predicted molar refractivity (Wildman–Crippen MR) is 66.0 cm³/mol. The Bertz CT molecular complexity index is 572. The van der Waals surface area contributed by atoms with Crippen molar-refractivity contribution in [1.82, 2.24) is 9.78 Å². The quantitative estimate of drug-likeness (QED) is 0.605. The smallest absolute Gasteiger partial charge is 0.264 e. The Morgan fingerprint density at radius 3 is 2.76 bits per heavy atom. The lowest BCUT2D eigenvalue weighted by atomic mass is 10.2. The molecule has 5 heteroatoms. The van der Waals surface area contributed by atoms with Gasteiger partial charge in [0.2, 0.25) is 0 Å². The maximum absolute atomic E-state index is 10.7. The van der Waals surface area contributed by atoms with Crippen LogP contribution in [0.1, 0.15) is 19.5 Å². The zero-order chi connectivity index (χ0) is 12.6. The maximum atomic E-state index is 10.7. The average molecular weight is 233 g/mol. The zero-order valence-corrected chi connectivity index (χ0v) is 10.2. The zero-order valence-electron chi connectivity index (χ0n) is 10.2. The Balaban J connectivity index is 2.57. The van der Waals surface area contributed by atoms with Gasteiger partial charge in [0.15, 0.2) is 0 Å². The number of benzene rings is 1. The van der Waals surface area contributed by atoms with E-state index in [-0.39, 0.29) is 10.6 Å². The average Bonchev–Trinajstić information content (AvgIpc) is 2.54. The number of fused-ring (bicyclic) bond motifs is 1. The summed E-state index contributed by atoms with van der Waals surface area (Å²) < 4.78 is 1.92. The largest absolute Gasteiger partial charge is 0.270 e. The normalized spacial score (nSPS) is 11.3. The first-order valence-corrected chi connectivity index (χ1v) is 5.60. The van der Waals surface area contributed by atoms with E-state index in [1.165, 1.54) is 6.07 Å². The number of hydrogen-bond donors (Lipinski definition) is 0. The maximum Gasteiger partial charge on any atom is 0.270 e. The highest BCUT2D eigenvalue weighted by molar-refractivity contribution is 5.84. The van der Waals surface area contributed by atoms with E-state index in [4.69, 9.17) is 0 Å². The van der Waals surface area contributed by atoms with Crippen molar-refractivity contribution in [3.05, 3.63) is 34.0 Å².